The van der Waals surface area contributed by atoms with Gasteiger partial charge in [0.25, 0.3) is 11.8 Å². The second-order valence-electron chi connectivity index (χ2n) is 7.22. The average molecular weight is 470 g/mol. The molecule has 168 valence electrons. The van der Waals surface area contributed by atoms with Crippen LogP contribution in [0.5, 0.6) is 0 Å². The van der Waals surface area contributed by atoms with Gasteiger partial charge in [0, 0.05) is 24.4 Å². The highest BCUT2D eigenvalue weighted by Gasteiger charge is 2.23. The van der Waals surface area contributed by atoms with Gasteiger partial charge in [-0.05, 0) is 51.0 Å². The zero-order valence-electron chi connectivity index (χ0n) is 17.1. The van der Waals surface area contributed by atoms with E-state index in [1.54, 1.807) is 0 Å². The SMILES string of the molecule is Cc1cc(C)n(CC(=O)NNC(=O)c2ccc(Cl)c(S(=O)(=O)NCC3CCCO3)c2)n1. The summed E-state index contributed by atoms with van der Waals surface area (Å²) in [6.07, 6.45) is 1.47. The Bertz CT molecular complexity index is 1080. The molecule has 1 unspecified atom stereocenters. The molecule has 12 heteroatoms. The Kier molecular flexibility index (Phi) is 7.31. The number of nitrogens with one attached hydrogen (secondary N) is 3. The third-order valence-corrected chi connectivity index (χ3v) is 6.63. The molecule has 10 nitrogen and oxygen atoms in total. The van der Waals surface area contributed by atoms with Gasteiger partial charge in [-0.3, -0.25) is 25.1 Å². The third kappa shape index (κ3) is 6.03. The maximum absolute atomic E-state index is 12.6. The van der Waals surface area contributed by atoms with Crippen LogP contribution in [0.4, 0.5) is 0 Å². The monoisotopic (exact) mass is 469 g/mol. The summed E-state index contributed by atoms with van der Waals surface area (Å²) in [7, 11) is -3.95. The Hall–Kier alpha value is -2.47. The molecule has 0 spiro atoms. The molecule has 0 saturated carbocycles. The minimum Gasteiger partial charge on any atom is -0.377 e. The predicted octanol–water partition coefficient (Wildman–Crippen LogP) is 1.07. The smallest absolute Gasteiger partial charge is 0.269 e. The lowest BCUT2D eigenvalue weighted by Crippen LogP contribution is -2.43. The lowest BCUT2D eigenvalue weighted by molar-refractivity contribution is -0.122. The lowest BCUT2D eigenvalue weighted by atomic mass is 10.2. The second-order valence-corrected chi connectivity index (χ2v) is 9.36. The van der Waals surface area contributed by atoms with Gasteiger partial charge in [-0.15, -0.1) is 0 Å². The summed E-state index contributed by atoms with van der Waals surface area (Å²) in [6.45, 7) is 4.28. The van der Waals surface area contributed by atoms with Gasteiger partial charge in [-0.2, -0.15) is 5.10 Å². The van der Waals surface area contributed by atoms with Crippen molar-refractivity contribution in [2.75, 3.05) is 13.2 Å². The van der Waals surface area contributed by atoms with Crippen molar-refractivity contribution >= 4 is 33.4 Å². The first kappa shape index (κ1) is 23.2. The fourth-order valence-corrected chi connectivity index (χ4v) is 4.74. The summed E-state index contributed by atoms with van der Waals surface area (Å²) in [4.78, 5) is 24.3. The van der Waals surface area contributed by atoms with Crippen LogP contribution in [0.3, 0.4) is 0 Å². The first-order valence-corrected chi connectivity index (χ1v) is 11.5. The van der Waals surface area contributed by atoms with E-state index in [9.17, 15) is 18.0 Å². The zero-order chi connectivity index (χ0) is 22.6. The highest BCUT2D eigenvalue weighted by molar-refractivity contribution is 7.89. The van der Waals surface area contributed by atoms with E-state index in [-0.39, 0.29) is 34.7 Å². The molecule has 1 aromatic heterocycles. The maximum Gasteiger partial charge on any atom is 0.269 e. The Morgan fingerprint density at radius 3 is 2.68 bits per heavy atom. The highest BCUT2D eigenvalue weighted by atomic mass is 35.5. The van der Waals surface area contributed by atoms with Crippen molar-refractivity contribution in [1.29, 1.82) is 0 Å². The van der Waals surface area contributed by atoms with Crippen molar-refractivity contribution in [1.82, 2.24) is 25.4 Å². The number of sulfonamides is 1. The summed E-state index contributed by atoms with van der Waals surface area (Å²) >= 11 is 6.05. The van der Waals surface area contributed by atoms with Crippen LogP contribution in [-0.4, -0.2) is 49.3 Å². The van der Waals surface area contributed by atoms with Crippen LogP contribution in [-0.2, 0) is 26.1 Å². The Morgan fingerprint density at radius 2 is 2.03 bits per heavy atom. The number of aromatic nitrogens is 2. The molecule has 2 heterocycles. The molecule has 3 rings (SSSR count). The number of rotatable bonds is 7. The molecule has 0 radical (unpaired) electrons. The van der Waals surface area contributed by atoms with E-state index >= 15 is 0 Å². The number of halogens is 1. The number of benzene rings is 1. The van der Waals surface area contributed by atoms with Gasteiger partial charge in [-0.1, -0.05) is 11.6 Å². The normalized spacial score (nSPS) is 16.3. The topological polar surface area (TPSA) is 131 Å². The fourth-order valence-electron chi connectivity index (χ4n) is 3.15. The summed E-state index contributed by atoms with van der Waals surface area (Å²) in [6, 6.07) is 5.66. The molecule has 31 heavy (non-hydrogen) atoms. The predicted molar refractivity (Wildman–Crippen MR) is 113 cm³/mol. The van der Waals surface area contributed by atoms with Gasteiger partial charge in [0.2, 0.25) is 10.0 Å². The molecule has 3 N–H and O–H groups in total. The van der Waals surface area contributed by atoms with Crippen LogP contribution >= 0.6 is 11.6 Å². The maximum atomic E-state index is 12.6. The van der Waals surface area contributed by atoms with E-state index in [0.29, 0.717) is 6.61 Å². The molecule has 1 aromatic carbocycles. The van der Waals surface area contributed by atoms with E-state index < -0.39 is 21.8 Å². The number of hydrogen-bond acceptors (Lipinski definition) is 6. The molecule has 1 saturated heterocycles. The molecule has 1 aliphatic heterocycles. The van der Waals surface area contributed by atoms with Crippen LogP contribution in [0, 0.1) is 13.8 Å². The second kappa shape index (κ2) is 9.77. The molecular formula is C19H24ClN5O5S. The summed E-state index contributed by atoms with van der Waals surface area (Å²) < 4.78 is 34.6. The van der Waals surface area contributed by atoms with Crippen LogP contribution in [0.25, 0.3) is 0 Å². The Morgan fingerprint density at radius 1 is 1.26 bits per heavy atom. The van der Waals surface area contributed by atoms with Gasteiger partial charge in [0.15, 0.2) is 0 Å². The van der Waals surface area contributed by atoms with Crippen molar-refractivity contribution in [2.24, 2.45) is 0 Å². The number of ether oxygens (including phenoxy) is 1. The number of hydrogen-bond donors (Lipinski definition) is 3. The molecule has 0 aliphatic carbocycles. The van der Waals surface area contributed by atoms with E-state index in [0.717, 1.165) is 30.3 Å². The fraction of sp³-hybridized carbons (Fsp3) is 0.421. The highest BCUT2D eigenvalue weighted by Crippen LogP contribution is 2.23. The number of nitrogens with zero attached hydrogens (tertiary/aromatic N) is 2. The van der Waals surface area contributed by atoms with E-state index in [1.807, 2.05) is 19.9 Å². The number of carbonyl (C=O) groups is 2. The number of amides is 2. The quantitative estimate of drug-likeness (QED) is 0.520. The van der Waals surface area contributed by atoms with E-state index in [1.165, 1.54) is 16.8 Å². The molecule has 1 atom stereocenters. The first-order valence-electron chi connectivity index (χ1n) is 9.67. The van der Waals surface area contributed by atoms with E-state index in [2.05, 4.69) is 20.7 Å². The summed E-state index contributed by atoms with van der Waals surface area (Å²) in [5.41, 5.74) is 6.15. The molecule has 2 aromatic rings. The van der Waals surface area contributed by atoms with Crippen molar-refractivity contribution in [3.63, 3.8) is 0 Å². The van der Waals surface area contributed by atoms with Gasteiger partial charge >= 0.3 is 0 Å². The standard InChI is InChI=1S/C19H24ClN5O5S/c1-12-8-13(2)25(24-12)11-18(26)22-23-19(27)14-5-6-16(20)17(9-14)31(28,29)21-10-15-4-3-7-30-15/h5-6,8-9,15,21H,3-4,7,10-11H2,1-2H3,(H,22,26)(H,23,27). The average Bonchev–Trinajstić information content (AvgIpc) is 3.34. The number of aryl methyl sites for hydroxylation is 2. The van der Waals surface area contributed by atoms with Crippen molar-refractivity contribution in [3.8, 4) is 0 Å². The zero-order valence-corrected chi connectivity index (χ0v) is 18.7. The van der Waals surface area contributed by atoms with Crippen molar-refractivity contribution < 1.29 is 22.7 Å². The minimum atomic E-state index is -3.95. The van der Waals surface area contributed by atoms with Gasteiger partial charge in [0.05, 0.1) is 16.8 Å². The van der Waals surface area contributed by atoms with Gasteiger partial charge in [0.1, 0.15) is 11.4 Å². The van der Waals surface area contributed by atoms with Crippen molar-refractivity contribution in [3.05, 3.63) is 46.2 Å². The minimum absolute atomic E-state index is 0.0216. The molecule has 2 amide bonds. The summed E-state index contributed by atoms with van der Waals surface area (Å²) in [5, 5.41) is 4.15. The number of carbonyl (C=O) groups excluding carboxylic acids is 2. The van der Waals surface area contributed by atoms with Gasteiger partial charge in [-0.25, -0.2) is 13.1 Å². The lowest BCUT2D eigenvalue weighted by Gasteiger charge is -2.13. The van der Waals surface area contributed by atoms with Gasteiger partial charge < -0.3 is 4.74 Å². The number of hydrazine groups is 1. The van der Waals surface area contributed by atoms with E-state index in [4.69, 9.17) is 16.3 Å². The Balaban J connectivity index is 1.62. The molecule has 0 bridgehead atoms. The summed E-state index contributed by atoms with van der Waals surface area (Å²) in [5.74, 6) is -1.17. The molecule has 1 fully saturated rings. The Labute approximate surface area is 185 Å². The van der Waals surface area contributed by atoms with Crippen LogP contribution in [0.15, 0.2) is 29.2 Å². The van der Waals surface area contributed by atoms with Crippen LogP contribution < -0.4 is 15.6 Å². The van der Waals surface area contributed by atoms with Crippen molar-refractivity contribution in [2.45, 2.75) is 44.2 Å². The first-order chi connectivity index (χ1) is 14.7. The third-order valence-electron chi connectivity index (χ3n) is 4.72. The molecular weight excluding hydrogens is 446 g/mol. The largest absolute Gasteiger partial charge is 0.377 e. The van der Waals surface area contributed by atoms with Crippen LogP contribution in [0.2, 0.25) is 5.02 Å². The molecule has 1 aliphatic rings. The van der Waals surface area contributed by atoms with Crippen LogP contribution in [0.1, 0.15) is 34.6 Å².